The fraction of sp³-hybridized carbons (Fsp3) is 0.517. The van der Waals surface area contributed by atoms with E-state index in [1.54, 1.807) is 17.0 Å². The van der Waals surface area contributed by atoms with Crippen LogP contribution in [-0.4, -0.2) is 69.7 Å². The van der Waals surface area contributed by atoms with E-state index in [2.05, 4.69) is 16.8 Å². The van der Waals surface area contributed by atoms with E-state index in [4.69, 9.17) is 0 Å². The molecule has 3 heterocycles. The second-order valence-corrected chi connectivity index (χ2v) is 10.8. The molecular weight excluding hydrogens is 479 g/mol. The number of likely N-dealkylation sites (tertiary alicyclic amines) is 1. The minimum atomic E-state index is -3.32. The molecule has 5 rings (SSSR count). The zero-order valence-corrected chi connectivity index (χ0v) is 21.4. The first-order valence-corrected chi connectivity index (χ1v) is 13.3. The third-order valence-corrected chi connectivity index (χ3v) is 8.08. The first kappa shape index (κ1) is 26.2. The number of benzene rings is 2. The highest BCUT2D eigenvalue weighted by molar-refractivity contribution is 5.85. The average Bonchev–Trinajstić information content (AvgIpc) is 3.21. The molecule has 5 nitrogen and oxygen atoms in total. The van der Waals surface area contributed by atoms with E-state index in [-0.39, 0.29) is 17.5 Å². The zero-order valence-electron chi connectivity index (χ0n) is 21.4. The fourth-order valence-electron chi connectivity index (χ4n) is 6.00. The molecule has 3 atom stereocenters. The lowest BCUT2D eigenvalue weighted by molar-refractivity contribution is -0.0866. The highest BCUT2D eigenvalue weighted by Gasteiger charge is 2.42. The van der Waals surface area contributed by atoms with E-state index in [9.17, 15) is 19.0 Å². The number of hydrogen-bond acceptors (Lipinski definition) is 4. The summed E-state index contributed by atoms with van der Waals surface area (Å²) in [6, 6.07) is 11.4. The number of alkyl halides is 2. The van der Waals surface area contributed by atoms with Crippen LogP contribution in [0.2, 0.25) is 0 Å². The van der Waals surface area contributed by atoms with Crippen molar-refractivity contribution in [2.75, 3.05) is 32.8 Å². The molecule has 0 spiro atoms. The quantitative estimate of drug-likeness (QED) is 0.374. The molecule has 0 saturated carbocycles. The number of aromatic nitrogens is 1. The Morgan fingerprint density at radius 3 is 2.62 bits per heavy atom. The van der Waals surface area contributed by atoms with Gasteiger partial charge in [0, 0.05) is 47.2 Å². The highest BCUT2D eigenvalue weighted by atomic mass is 19.3. The van der Waals surface area contributed by atoms with Crippen LogP contribution in [-0.2, 0) is 6.42 Å². The van der Waals surface area contributed by atoms with E-state index in [1.807, 2.05) is 31.2 Å². The van der Waals surface area contributed by atoms with Gasteiger partial charge in [0.2, 0.25) is 0 Å². The number of halogens is 3. The van der Waals surface area contributed by atoms with Crippen molar-refractivity contribution in [3.63, 3.8) is 0 Å². The predicted octanol–water partition coefficient (Wildman–Crippen LogP) is 5.04. The molecule has 8 heteroatoms. The molecule has 3 aromatic rings. The SMILES string of the molecule is CCCCN1CC([C@H](O)c2ccc([C@@H]3c4[nH]c5ccccc5c4C[C@@H](C)N3CC(F)(F)CO)c(F)c2)C1. The number of hydrogen-bond donors (Lipinski definition) is 3. The van der Waals surface area contributed by atoms with Crippen molar-refractivity contribution in [3.05, 3.63) is 70.7 Å². The highest BCUT2D eigenvalue weighted by Crippen LogP contribution is 2.43. The van der Waals surface area contributed by atoms with Gasteiger partial charge < -0.3 is 20.1 Å². The van der Waals surface area contributed by atoms with Crippen molar-refractivity contribution in [1.29, 1.82) is 0 Å². The van der Waals surface area contributed by atoms with Gasteiger partial charge in [-0.05, 0) is 49.6 Å². The number of fused-ring (bicyclic) bond motifs is 3. The Kier molecular flexibility index (Phi) is 7.38. The Bertz CT molecular complexity index is 1240. The largest absolute Gasteiger partial charge is 0.390 e. The van der Waals surface area contributed by atoms with E-state index >= 15 is 4.39 Å². The molecular formula is C29H36F3N3O2. The maximum Gasteiger partial charge on any atom is 0.283 e. The molecule has 3 N–H and O–H groups in total. The molecule has 0 bridgehead atoms. The number of aliphatic hydroxyl groups is 2. The summed E-state index contributed by atoms with van der Waals surface area (Å²) in [6.07, 6.45) is 2.00. The molecule has 0 amide bonds. The first-order valence-electron chi connectivity index (χ1n) is 13.3. The van der Waals surface area contributed by atoms with Crippen LogP contribution >= 0.6 is 0 Å². The summed E-state index contributed by atoms with van der Waals surface area (Å²) < 4.78 is 44.7. The van der Waals surface area contributed by atoms with Crippen LogP contribution in [0.5, 0.6) is 0 Å². The van der Waals surface area contributed by atoms with Crippen LogP contribution in [0.4, 0.5) is 13.2 Å². The van der Waals surface area contributed by atoms with Gasteiger partial charge in [-0.2, -0.15) is 0 Å². The first-order chi connectivity index (χ1) is 17.7. The molecule has 2 aromatic carbocycles. The third-order valence-electron chi connectivity index (χ3n) is 8.08. The molecule has 1 aromatic heterocycles. The lowest BCUT2D eigenvalue weighted by Crippen LogP contribution is -2.49. The topological polar surface area (TPSA) is 62.7 Å². The lowest BCUT2D eigenvalue weighted by atomic mass is 9.85. The zero-order chi connectivity index (χ0) is 26.3. The molecule has 200 valence electrons. The van der Waals surface area contributed by atoms with Crippen LogP contribution in [0.3, 0.4) is 0 Å². The van der Waals surface area contributed by atoms with Gasteiger partial charge in [0.05, 0.1) is 18.7 Å². The summed E-state index contributed by atoms with van der Waals surface area (Å²) in [5, 5.41) is 21.2. The number of H-pyrrole nitrogens is 1. The van der Waals surface area contributed by atoms with Crippen molar-refractivity contribution < 1.29 is 23.4 Å². The van der Waals surface area contributed by atoms with E-state index in [0.717, 1.165) is 48.9 Å². The lowest BCUT2D eigenvalue weighted by Gasteiger charge is -2.43. The van der Waals surface area contributed by atoms with Crippen LogP contribution < -0.4 is 0 Å². The summed E-state index contributed by atoms with van der Waals surface area (Å²) in [6.45, 7) is 4.63. The second-order valence-electron chi connectivity index (χ2n) is 10.8. The Morgan fingerprint density at radius 2 is 1.92 bits per heavy atom. The maximum absolute atomic E-state index is 15.8. The van der Waals surface area contributed by atoms with Crippen LogP contribution in [0.1, 0.15) is 61.2 Å². The Morgan fingerprint density at radius 1 is 1.16 bits per heavy atom. The van der Waals surface area contributed by atoms with Gasteiger partial charge in [-0.15, -0.1) is 0 Å². The molecule has 1 saturated heterocycles. The summed E-state index contributed by atoms with van der Waals surface area (Å²) in [4.78, 5) is 7.25. The smallest absolute Gasteiger partial charge is 0.283 e. The van der Waals surface area contributed by atoms with Crippen molar-refractivity contribution in [3.8, 4) is 0 Å². The van der Waals surface area contributed by atoms with Crippen LogP contribution in [0.15, 0.2) is 42.5 Å². The normalized spacial score (nSPS) is 22.2. The van der Waals surface area contributed by atoms with Gasteiger partial charge in [0.15, 0.2) is 0 Å². The number of unbranched alkanes of at least 4 members (excludes halogenated alkanes) is 1. The molecule has 2 aliphatic rings. The van der Waals surface area contributed by atoms with Crippen molar-refractivity contribution in [2.45, 2.75) is 57.2 Å². The summed E-state index contributed by atoms with van der Waals surface area (Å²) in [7, 11) is 0. The third kappa shape index (κ3) is 5.04. The standard InChI is InChI=1S/C29H36F3N3O2/c1-3-4-11-34-14-20(15-34)28(37)19-9-10-22(24(30)13-19)27-26-23(21-7-5-6-8-25(21)33-26)12-18(2)35(27)16-29(31,32)17-36/h5-10,13,18,20,27-28,33,36-37H,3-4,11-12,14-17H2,1-2H3/t18-,27-,28-/m1/s1. The van der Waals surface area contributed by atoms with E-state index in [1.165, 1.54) is 6.07 Å². The van der Waals surface area contributed by atoms with Crippen molar-refractivity contribution in [2.24, 2.45) is 5.92 Å². The van der Waals surface area contributed by atoms with Crippen LogP contribution in [0.25, 0.3) is 10.9 Å². The molecule has 37 heavy (non-hydrogen) atoms. The van der Waals surface area contributed by atoms with Crippen molar-refractivity contribution in [1.82, 2.24) is 14.8 Å². The molecule has 1 fully saturated rings. The van der Waals surface area contributed by atoms with Gasteiger partial charge in [-0.1, -0.05) is 43.7 Å². The number of aliphatic hydroxyl groups excluding tert-OH is 2. The summed E-state index contributed by atoms with van der Waals surface area (Å²) in [5.74, 6) is -3.80. The van der Waals surface area contributed by atoms with Gasteiger partial charge in [-0.3, -0.25) is 4.90 Å². The van der Waals surface area contributed by atoms with E-state index < -0.39 is 37.0 Å². The van der Waals surface area contributed by atoms with Crippen LogP contribution in [0, 0.1) is 11.7 Å². The molecule has 2 aliphatic heterocycles. The number of nitrogens with one attached hydrogen (secondary N) is 1. The Labute approximate surface area is 215 Å². The Balaban J connectivity index is 1.48. The number of nitrogens with zero attached hydrogens (tertiary/aromatic N) is 2. The number of para-hydroxylation sites is 1. The number of rotatable bonds is 9. The molecule has 0 unspecified atom stereocenters. The minimum Gasteiger partial charge on any atom is -0.390 e. The van der Waals surface area contributed by atoms with Crippen molar-refractivity contribution >= 4 is 10.9 Å². The van der Waals surface area contributed by atoms with Gasteiger partial charge in [0.25, 0.3) is 5.92 Å². The molecule has 0 radical (unpaired) electrons. The summed E-state index contributed by atoms with van der Waals surface area (Å²) in [5.41, 5.74) is 3.37. The summed E-state index contributed by atoms with van der Waals surface area (Å²) >= 11 is 0. The van der Waals surface area contributed by atoms with Gasteiger partial charge in [0.1, 0.15) is 12.4 Å². The maximum atomic E-state index is 15.8. The van der Waals surface area contributed by atoms with E-state index in [0.29, 0.717) is 17.7 Å². The average molecular weight is 516 g/mol. The fourth-order valence-corrected chi connectivity index (χ4v) is 6.00. The number of aromatic amines is 1. The predicted molar refractivity (Wildman–Crippen MR) is 138 cm³/mol. The monoisotopic (exact) mass is 515 g/mol. The molecule has 0 aliphatic carbocycles. The minimum absolute atomic E-state index is 0.0527. The van der Waals surface area contributed by atoms with Gasteiger partial charge >= 0.3 is 0 Å². The Hall–Kier alpha value is -2.39. The second kappa shape index (κ2) is 10.4. The van der Waals surface area contributed by atoms with Gasteiger partial charge in [-0.25, -0.2) is 13.2 Å².